The second-order valence-corrected chi connectivity index (χ2v) is 8.62. The fraction of sp³-hybridized carbons (Fsp3) is 0.0526. The highest BCUT2D eigenvalue weighted by Crippen LogP contribution is 2.20. The molecule has 156 valence electrons. The predicted molar refractivity (Wildman–Crippen MR) is 110 cm³/mol. The molecule has 11 heteroatoms. The molecule has 3 aromatic rings. The Labute approximate surface area is 175 Å². The molecular weight excluding hydrogens is 436 g/mol. The number of halogens is 2. The first-order chi connectivity index (χ1) is 14.3. The average molecular weight is 451 g/mol. The number of rotatable bonds is 8. The van der Waals surface area contributed by atoms with Crippen LogP contribution in [0.5, 0.6) is 5.75 Å². The first-order valence-electron chi connectivity index (χ1n) is 8.38. The zero-order chi connectivity index (χ0) is 21.6. The fourth-order valence-corrected chi connectivity index (χ4v) is 4.33. The van der Waals surface area contributed by atoms with E-state index in [1.54, 1.807) is 11.4 Å². The number of anilines is 1. The van der Waals surface area contributed by atoms with Crippen LogP contribution in [0.2, 0.25) is 0 Å². The SMILES string of the molecule is O=C(N/N=C/c1ccc(OC(F)F)cc1)c1ccc(NS(=O)(=O)c2cccs2)cc1. The van der Waals surface area contributed by atoms with Crippen LogP contribution in [-0.4, -0.2) is 27.2 Å². The lowest BCUT2D eigenvalue weighted by molar-refractivity contribution is -0.0498. The number of thiophene rings is 1. The van der Waals surface area contributed by atoms with Crippen LogP contribution < -0.4 is 14.9 Å². The van der Waals surface area contributed by atoms with Crippen LogP contribution in [0.25, 0.3) is 0 Å². The highest BCUT2D eigenvalue weighted by molar-refractivity contribution is 7.94. The summed E-state index contributed by atoms with van der Waals surface area (Å²) in [4.78, 5) is 12.1. The molecule has 0 aliphatic heterocycles. The Morgan fingerprint density at radius 1 is 1.07 bits per heavy atom. The third-order valence-electron chi connectivity index (χ3n) is 3.64. The van der Waals surface area contributed by atoms with E-state index in [1.807, 2.05) is 0 Å². The van der Waals surface area contributed by atoms with Gasteiger partial charge in [0.25, 0.3) is 15.9 Å². The van der Waals surface area contributed by atoms with E-state index in [0.717, 1.165) is 11.3 Å². The van der Waals surface area contributed by atoms with Gasteiger partial charge in [-0.15, -0.1) is 11.3 Å². The molecule has 0 bridgehead atoms. The Morgan fingerprint density at radius 2 is 1.77 bits per heavy atom. The lowest BCUT2D eigenvalue weighted by Crippen LogP contribution is -2.17. The van der Waals surface area contributed by atoms with Crippen LogP contribution in [-0.2, 0) is 10.0 Å². The van der Waals surface area contributed by atoms with Crippen molar-refractivity contribution in [2.24, 2.45) is 5.10 Å². The first kappa shape index (κ1) is 21.4. The zero-order valence-electron chi connectivity index (χ0n) is 15.2. The second-order valence-electron chi connectivity index (χ2n) is 5.76. The third kappa shape index (κ3) is 5.84. The van der Waals surface area contributed by atoms with E-state index in [0.29, 0.717) is 11.3 Å². The molecule has 1 amide bonds. The molecule has 0 fully saturated rings. The molecule has 0 spiro atoms. The van der Waals surface area contributed by atoms with Crippen molar-refractivity contribution >= 4 is 39.2 Å². The number of hydrogen-bond acceptors (Lipinski definition) is 6. The standard InChI is InChI=1S/C19H15F2N3O4S2/c20-19(21)28-16-9-3-13(4-10-16)12-22-23-18(25)14-5-7-15(8-6-14)24-30(26,27)17-2-1-11-29-17/h1-12,19,24H,(H,23,25)/b22-12+. The fourth-order valence-electron chi connectivity index (χ4n) is 2.28. The summed E-state index contributed by atoms with van der Waals surface area (Å²) in [6, 6.07) is 14.7. The molecule has 30 heavy (non-hydrogen) atoms. The van der Waals surface area contributed by atoms with Gasteiger partial charge in [0.15, 0.2) is 0 Å². The van der Waals surface area contributed by atoms with E-state index in [4.69, 9.17) is 0 Å². The van der Waals surface area contributed by atoms with E-state index in [9.17, 15) is 22.0 Å². The Balaban J connectivity index is 1.56. The van der Waals surface area contributed by atoms with Gasteiger partial charge in [-0.3, -0.25) is 9.52 Å². The van der Waals surface area contributed by atoms with E-state index >= 15 is 0 Å². The molecule has 7 nitrogen and oxygen atoms in total. The van der Waals surface area contributed by atoms with Crippen molar-refractivity contribution in [3.05, 3.63) is 77.2 Å². The van der Waals surface area contributed by atoms with Gasteiger partial charge in [0.2, 0.25) is 0 Å². The van der Waals surface area contributed by atoms with Gasteiger partial charge in [-0.05, 0) is 65.5 Å². The average Bonchev–Trinajstić information content (AvgIpc) is 3.25. The van der Waals surface area contributed by atoms with Crippen molar-refractivity contribution in [3.63, 3.8) is 0 Å². The lowest BCUT2D eigenvalue weighted by atomic mass is 10.2. The van der Waals surface area contributed by atoms with E-state index < -0.39 is 22.5 Å². The number of nitrogens with one attached hydrogen (secondary N) is 2. The van der Waals surface area contributed by atoms with Gasteiger partial charge < -0.3 is 4.74 Å². The van der Waals surface area contributed by atoms with Crippen LogP contribution in [0.1, 0.15) is 15.9 Å². The number of benzene rings is 2. The number of hydrogen-bond donors (Lipinski definition) is 2. The van der Waals surface area contributed by atoms with Gasteiger partial charge >= 0.3 is 6.61 Å². The molecule has 1 aromatic heterocycles. The molecule has 0 saturated carbocycles. The van der Waals surface area contributed by atoms with Gasteiger partial charge in [0.1, 0.15) is 9.96 Å². The van der Waals surface area contributed by atoms with Crippen LogP contribution in [0.4, 0.5) is 14.5 Å². The smallest absolute Gasteiger partial charge is 0.387 e. The van der Waals surface area contributed by atoms with Crippen molar-refractivity contribution in [3.8, 4) is 5.75 Å². The zero-order valence-corrected chi connectivity index (χ0v) is 16.8. The van der Waals surface area contributed by atoms with Crippen molar-refractivity contribution in [1.82, 2.24) is 5.43 Å². The van der Waals surface area contributed by atoms with Crippen LogP contribution >= 0.6 is 11.3 Å². The van der Waals surface area contributed by atoms with Crippen molar-refractivity contribution in [2.75, 3.05) is 4.72 Å². The maximum absolute atomic E-state index is 12.2. The summed E-state index contributed by atoms with van der Waals surface area (Å²) in [6.45, 7) is -2.90. The van der Waals surface area contributed by atoms with Crippen LogP contribution in [0.3, 0.4) is 0 Å². The Kier molecular flexibility index (Phi) is 6.75. The van der Waals surface area contributed by atoms with Crippen LogP contribution in [0.15, 0.2) is 75.4 Å². The summed E-state index contributed by atoms with van der Waals surface area (Å²) in [7, 11) is -3.66. The number of sulfonamides is 1. The number of hydrazone groups is 1. The molecule has 0 atom stereocenters. The highest BCUT2D eigenvalue weighted by atomic mass is 32.2. The minimum absolute atomic E-state index is 0.0148. The minimum Gasteiger partial charge on any atom is -0.435 e. The summed E-state index contributed by atoms with van der Waals surface area (Å²) in [5.41, 5.74) is 3.48. The number of alkyl halides is 2. The summed E-state index contributed by atoms with van der Waals surface area (Å²) >= 11 is 1.10. The monoisotopic (exact) mass is 451 g/mol. The predicted octanol–water partition coefficient (Wildman–Crippen LogP) is 3.91. The number of nitrogens with zero attached hydrogens (tertiary/aromatic N) is 1. The second kappa shape index (κ2) is 9.46. The van der Waals surface area contributed by atoms with E-state index in [2.05, 4.69) is 20.0 Å². The summed E-state index contributed by atoms with van der Waals surface area (Å²) in [6.07, 6.45) is 1.34. The molecule has 2 N–H and O–H groups in total. The lowest BCUT2D eigenvalue weighted by Gasteiger charge is -2.07. The van der Waals surface area contributed by atoms with Gasteiger partial charge in [0.05, 0.1) is 6.21 Å². The Hall–Kier alpha value is -3.31. The molecule has 0 radical (unpaired) electrons. The molecule has 2 aromatic carbocycles. The Morgan fingerprint density at radius 3 is 2.37 bits per heavy atom. The molecule has 0 unspecified atom stereocenters. The third-order valence-corrected chi connectivity index (χ3v) is 6.42. The maximum atomic E-state index is 12.2. The van der Waals surface area contributed by atoms with Gasteiger partial charge in [0, 0.05) is 11.3 Å². The topological polar surface area (TPSA) is 96.9 Å². The normalized spacial score (nSPS) is 11.6. The van der Waals surface area contributed by atoms with Crippen molar-refractivity contribution < 1.29 is 26.7 Å². The van der Waals surface area contributed by atoms with E-state index in [-0.39, 0.29) is 15.5 Å². The molecule has 0 aliphatic carbocycles. The van der Waals surface area contributed by atoms with Gasteiger partial charge in [-0.2, -0.15) is 13.9 Å². The summed E-state index contributed by atoms with van der Waals surface area (Å²) in [5.74, 6) is -0.488. The molecule has 0 aliphatic rings. The van der Waals surface area contributed by atoms with Gasteiger partial charge in [-0.1, -0.05) is 6.07 Å². The number of carbonyl (C=O) groups excluding carboxylic acids is 1. The quantitative estimate of drug-likeness (QED) is 0.401. The van der Waals surface area contributed by atoms with Crippen LogP contribution in [0, 0.1) is 0 Å². The summed E-state index contributed by atoms with van der Waals surface area (Å²) < 4.78 is 55.5. The van der Waals surface area contributed by atoms with Crippen molar-refractivity contribution in [2.45, 2.75) is 10.8 Å². The maximum Gasteiger partial charge on any atom is 0.387 e. The van der Waals surface area contributed by atoms with Gasteiger partial charge in [-0.25, -0.2) is 13.8 Å². The molecule has 3 rings (SSSR count). The minimum atomic E-state index is -3.66. The number of ether oxygens (including phenoxy) is 1. The molecule has 0 saturated heterocycles. The molecule has 1 heterocycles. The number of amides is 1. The van der Waals surface area contributed by atoms with E-state index in [1.165, 1.54) is 60.8 Å². The molecular formula is C19H15F2N3O4S2. The Bertz CT molecular complexity index is 1120. The largest absolute Gasteiger partial charge is 0.435 e. The van der Waals surface area contributed by atoms with Crippen molar-refractivity contribution in [1.29, 1.82) is 0 Å². The first-order valence-corrected chi connectivity index (χ1v) is 10.7. The number of carbonyl (C=O) groups is 1. The highest BCUT2D eigenvalue weighted by Gasteiger charge is 2.15. The summed E-state index contributed by atoms with van der Waals surface area (Å²) in [5, 5.41) is 5.46.